The molecular formula is C34H35N3O4S. The number of carbonyl (C=O) groups is 1. The second-order valence-electron chi connectivity index (χ2n) is 10.1. The summed E-state index contributed by atoms with van der Waals surface area (Å²) >= 11 is 1.32. The Labute approximate surface area is 249 Å². The number of hydrogen-bond acceptors (Lipinski definition) is 6. The zero-order valence-corrected chi connectivity index (χ0v) is 25.4. The fourth-order valence-corrected chi connectivity index (χ4v) is 6.17. The van der Waals surface area contributed by atoms with Crippen LogP contribution in [0.2, 0.25) is 0 Å². The smallest absolute Gasteiger partial charge is 0.271 e. The van der Waals surface area contributed by atoms with Gasteiger partial charge < -0.3 is 14.4 Å². The van der Waals surface area contributed by atoms with Crippen molar-refractivity contribution in [1.82, 2.24) is 9.47 Å². The molecule has 4 aromatic rings. The van der Waals surface area contributed by atoms with E-state index in [1.54, 1.807) is 16.6 Å². The van der Waals surface area contributed by atoms with E-state index in [-0.39, 0.29) is 11.5 Å². The number of hydrogen-bond donors (Lipinski definition) is 0. The Balaban J connectivity index is 1.53. The van der Waals surface area contributed by atoms with Crippen LogP contribution in [0.4, 0.5) is 0 Å². The third kappa shape index (κ3) is 5.81. The van der Waals surface area contributed by atoms with Crippen molar-refractivity contribution in [3.8, 4) is 11.5 Å². The first-order valence-electron chi connectivity index (χ1n) is 14.1. The Bertz CT molecular complexity index is 1800. The molecule has 1 atom stereocenters. The Hall–Kier alpha value is -4.43. The van der Waals surface area contributed by atoms with E-state index in [0.29, 0.717) is 46.0 Å². The number of ether oxygens (including phenoxy) is 2. The van der Waals surface area contributed by atoms with E-state index in [1.807, 2.05) is 75.4 Å². The normalized spacial score (nSPS) is 14.8. The monoisotopic (exact) mass is 581 g/mol. The number of nitrogens with zero attached hydrogens (tertiary/aromatic N) is 3. The molecule has 0 saturated carbocycles. The van der Waals surface area contributed by atoms with E-state index >= 15 is 0 Å². The lowest BCUT2D eigenvalue weighted by atomic mass is 9.94. The molecule has 216 valence electrons. The Kier molecular flexibility index (Phi) is 8.73. The molecule has 3 aromatic carbocycles. The van der Waals surface area contributed by atoms with Crippen LogP contribution in [0, 0.1) is 6.92 Å². The van der Waals surface area contributed by atoms with E-state index in [1.165, 1.54) is 16.9 Å². The summed E-state index contributed by atoms with van der Waals surface area (Å²) in [4.78, 5) is 34.9. The molecule has 5 rings (SSSR count). The predicted octanol–water partition coefficient (Wildman–Crippen LogP) is 5.00. The molecule has 0 aliphatic carbocycles. The number of aryl methyl sites for hydroxylation is 1. The molecule has 0 radical (unpaired) electrons. The molecule has 0 fully saturated rings. The van der Waals surface area contributed by atoms with Crippen LogP contribution in [0.5, 0.6) is 11.5 Å². The van der Waals surface area contributed by atoms with Crippen LogP contribution in [-0.4, -0.2) is 35.6 Å². The third-order valence-electron chi connectivity index (χ3n) is 7.44. The number of likely N-dealkylation sites (N-methyl/N-ethyl adjacent to an activating group) is 1. The van der Waals surface area contributed by atoms with Crippen molar-refractivity contribution >= 4 is 23.3 Å². The van der Waals surface area contributed by atoms with Gasteiger partial charge in [-0.05, 0) is 63.1 Å². The predicted molar refractivity (Wildman–Crippen MR) is 167 cm³/mol. The highest BCUT2D eigenvalue weighted by Crippen LogP contribution is 2.36. The molecule has 0 bridgehead atoms. The molecule has 0 N–H and O–H groups in total. The minimum atomic E-state index is -0.662. The maximum Gasteiger partial charge on any atom is 0.271 e. The van der Waals surface area contributed by atoms with Crippen molar-refractivity contribution in [2.75, 3.05) is 20.2 Å². The van der Waals surface area contributed by atoms with E-state index < -0.39 is 6.04 Å². The minimum absolute atomic E-state index is 0.132. The van der Waals surface area contributed by atoms with Gasteiger partial charge in [-0.3, -0.25) is 14.2 Å². The van der Waals surface area contributed by atoms with Crippen LogP contribution < -0.4 is 24.4 Å². The van der Waals surface area contributed by atoms with Gasteiger partial charge >= 0.3 is 0 Å². The topological polar surface area (TPSA) is 73.1 Å². The highest BCUT2D eigenvalue weighted by molar-refractivity contribution is 7.07. The van der Waals surface area contributed by atoms with E-state index in [9.17, 15) is 9.59 Å². The summed E-state index contributed by atoms with van der Waals surface area (Å²) in [6, 6.07) is 22.8. The largest absolute Gasteiger partial charge is 0.496 e. The summed E-state index contributed by atoms with van der Waals surface area (Å²) in [7, 11) is 1.60. The number of benzene rings is 3. The molecule has 42 heavy (non-hydrogen) atoms. The Morgan fingerprint density at radius 3 is 2.36 bits per heavy atom. The summed E-state index contributed by atoms with van der Waals surface area (Å²) in [6.45, 7) is 9.39. The fraction of sp³-hybridized carbons (Fsp3) is 0.265. The lowest BCUT2D eigenvalue weighted by molar-refractivity contribution is -0.127. The van der Waals surface area contributed by atoms with Crippen molar-refractivity contribution < 1.29 is 14.3 Å². The van der Waals surface area contributed by atoms with Crippen molar-refractivity contribution in [3.05, 3.63) is 126 Å². The second kappa shape index (κ2) is 12.6. The van der Waals surface area contributed by atoms with Crippen molar-refractivity contribution in [2.24, 2.45) is 4.99 Å². The molecule has 2 heterocycles. The molecule has 0 unspecified atom stereocenters. The molecule has 1 aliphatic rings. The quantitative estimate of drug-likeness (QED) is 0.279. The summed E-state index contributed by atoms with van der Waals surface area (Å²) in [5.41, 5.74) is 4.81. The van der Waals surface area contributed by atoms with Gasteiger partial charge in [-0.25, -0.2) is 4.99 Å². The number of para-hydroxylation sites is 1. The van der Waals surface area contributed by atoms with Gasteiger partial charge in [-0.2, -0.15) is 0 Å². The average molecular weight is 582 g/mol. The summed E-state index contributed by atoms with van der Waals surface area (Å²) in [6.07, 6.45) is 1.86. The zero-order chi connectivity index (χ0) is 29.8. The van der Waals surface area contributed by atoms with Gasteiger partial charge in [0.15, 0.2) is 4.80 Å². The molecule has 1 aromatic heterocycles. The maximum absolute atomic E-state index is 14.0. The standard InChI is InChI=1S/C34H35N3O4S/c1-6-36(7-2)33(39)30-23(4)35-34-37(31(30)27-10-8-9-11-28(27)40-5)32(38)29(42-34)20-24-16-18-26(19-17-24)41-21-25-14-12-22(3)13-15-25/h8-20,31H,6-7,21H2,1-5H3/b29-20+/t31-/m0/s1. The van der Waals surface area contributed by atoms with Crippen molar-refractivity contribution in [2.45, 2.75) is 40.3 Å². The molecular weight excluding hydrogens is 546 g/mol. The van der Waals surface area contributed by atoms with Gasteiger partial charge in [0.05, 0.1) is 22.9 Å². The van der Waals surface area contributed by atoms with Gasteiger partial charge in [-0.1, -0.05) is 71.5 Å². The van der Waals surface area contributed by atoms with Crippen LogP contribution in [-0.2, 0) is 11.4 Å². The number of rotatable bonds is 9. The number of fused-ring (bicyclic) bond motifs is 1. The first-order chi connectivity index (χ1) is 20.3. The Morgan fingerprint density at radius 1 is 1.00 bits per heavy atom. The minimum Gasteiger partial charge on any atom is -0.496 e. The number of thiazole rings is 1. The number of carbonyl (C=O) groups excluding carboxylic acids is 1. The van der Waals surface area contributed by atoms with E-state index in [2.05, 4.69) is 31.2 Å². The van der Waals surface area contributed by atoms with Gasteiger partial charge in [0.1, 0.15) is 24.1 Å². The lowest BCUT2D eigenvalue weighted by Crippen LogP contribution is -2.43. The molecule has 1 aliphatic heterocycles. The van der Waals surface area contributed by atoms with Crippen LogP contribution >= 0.6 is 11.3 Å². The fourth-order valence-electron chi connectivity index (χ4n) is 5.13. The van der Waals surface area contributed by atoms with Gasteiger partial charge in [0.25, 0.3) is 11.5 Å². The van der Waals surface area contributed by atoms with Gasteiger partial charge in [0, 0.05) is 18.7 Å². The highest BCUT2D eigenvalue weighted by atomic mass is 32.1. The molecule has 0 spiro atoms. The summed E-state index contributed by atoms with van der Waals surface area (Å²) < 4.78 is 13.8. The summed E-state index contributed by atoms with van der Waals surface area (Å²) in [5, 5.41) is 0. The number of methoxy groups -OCH3 is 1. The first kappa shape index (κ1) is 29.1. The summed E-state index contributed by atoms with van der Waals surface area (Å²) in [5.74, 6) is 1.23. The van der Waals surface area contributed by atoms with Crippen molar-refractivity contribution in [3.63, 3.8) is 0 Å². The van der Waals surface area contributed by atoms with Crippen LogP contribution in [0.1, 0.15) is 49.1 Å². The number of allylic oxidation sites excluding steroid dienone is 1. The maximum atomic E-state index is 14.0. The van der Waals surface area contributed by atoms with E-state index in [4.69, 9.17) is 14.5 Å². The van der Waals surface area contributed by atoms with Crippen LogP contribution in [0.25, 0.3) is 6.08 Å². The molecule has 1 amide bonds. The van der Waals surface area contributed by atoms with Crippen molar-refractivity contribution in [1.29, 1.82) is 0 Å². The number of aromatic nitrogens is 1. The molecule has 8 heteroatoms. The zero-order valence-electron chi connectivity index (χ0n) is 24.6. The Morgan fingerprint density at radius 2 is 1.69 bits per heavy atom. The first-order valence-corrected chi connectivity index (χ1v) is 14.9. The molecule has 0 saturated heterocycles. The third-order valence-corrected chi connectivity index (χ3v) is 8.42. The van der Waals surface area contributed by atoms with E-state index in [0.717, 1.165) is 22.4 Å². The molecule has 7 nitrogen and oxygen atoms in total. The van der Waals surface area contributed by atoms with Gasteiger partial charge in [0.2, 0.25) is 0 Å². The SMILES string of the molecule is CCN(CC)C(=O)C1=C(C)N=c2s/c(=C/c3ccc(OCc4ccc(C)cc4)cc3)c(=O)n2[C@H]1c1ccccc1OC. The van der Waals surface area contributed by atoms with Crippen LogP contribution in [0.3, 0.4) is 0 Å². The lowest BCUT2D eigenvalue weighted by Gasteiger charge is -2.29. The second-order valence-corrected chi connectivity index (χ2v) is 11.2. The van der Waals surface area contributed by atoms with Crippen LogP contribution in [0.15, 0.2) is 93.9 Å². The van der Waals surface area contributed by atoms with Gasteiger partial charge in [-0.15, -0.1) is 0 Å². The number of amides is 1. The highest BCUT2D eigenvalue weighted by Gasteiger charge is 2.35. The average Bonchev–Trinajstić information content (AvgIpc) is 3.31.